The first kappa shape index (κ1) is 19.2. The predicted molar refractivity (Wildman–Crippen MR) is 108 cm³/mol. The monoisotopic (exact) mass is 392 g/mol. The van der Waals surface area contributed by atoms with Gasteiger partial charge in [0.05, 0.1) is 11.1 Å². The van der Waals surface area contributed by atoms with E-state index in [9.17, 15) is 14.9 Å². The smallest absolute Gasteiger partial charge is 0.267 e. The molecule has 2 aromatic carbocycles. The molecule has 0 aliphatic carbocycles. The molecule has 0 atom stereocenters. The molecule has 8 heteroatoms. The van der Waals surface area contributed by atoms with Crippen LogP contribution in [-0.2, 0) is 0 Å². The van der Waals surface area contributed by atoms with E-state index >= 15 is 0 Å². The second kappa shape index (κ2) is 8.92. The van der Waals surface area contributed by atoms with Gasteiger partial charge < -0.3 is 0 Å². The van der Waals surface area contributed by atoms with Gasteiger partial charge in [-0.25, -0.2) is 5.43 Å². The van der Waals surface area contributed by atoms with Crippen LogP contribution >= 0.6 is 11.8 Å². The summed E-state index contributed by atoms with van der Waals surface area (Å²) in [7, 11) is 0. The van der Waals surface area contributed by atoms with E-state index in [0.29, 0.717) is 11.1 Å². The van der Waals surface area contributed by atoms with E-state index in [1.165, 1.54) is 42.5 Å². The highest BCUT2D eigenvalue weighted by Gasteiger charge is 2.11. The van der Waals surface area contributed by atoms with Crippen LogP contribution in [0.5, 0.6) is 0 Å². The number of nitro benzene ring substituents is 1. The van der Waals surface area contributed by atoms with Crippen LogP contribution in [0.15, 0.2) is 81.9 Å². The third kappa shape index (κ3) is 5.01. The largest absolute Gasteiger partial charge is 0.271 e. The number of aromatic nitrogens is 1. The first-order valence-electron chi connectivity index (χ1n) is 8.29. The molecule has 1 heterocycles. The van der Waals surface area contributed by atoms with Crippen LogP contribution in [0.25, 0.3) is 0 Å². The van der Waals surface area contributed by atoms with Crippen molar-refractivity contribution in [3.8, 4) is 0 Å². The van der Waals surface area contributed by atoms with Crippen molar-refractivity contribution in [1.82, 2.24) is 10.4 Å². The Balaban J connectivity index is 1.82. The van der Waals surface area contributed by atoms with Crippen molar-refractivity contribution in [2.45, 2.75) is 16.7 Å². The maximum atomic E-state index is 12.1. The molecular weight excluding hydrogens is 376 g/mol. The number of aryl methyl sites for hydroxylation is 1. The first-order valence-corrected chi connectivity index (χ1v) is 9.11. The van der Waals surface area contributed by atoms with E-state index in [2.05, 4.69) is 15.5 Å². The Hall–Kier alpha value is -3.52. The lowest BCUT2D eigenvalue weighted by molar-refractivity contribution is -0.384. The van der Waals surface area contributed by atoms with Crippen molar-refractivity contribution in [2.75, 3.05) is 0 Å². The lowest BCUT2D eigenvalue weighted by Gasteiger charge is -2.06. The zero-order valence-electron chi connectivity index (χ0n) is 14.9. The van der Waals surface area contributed by atoms with E-state index in [1.54, 1.807) is 18.2 Å². The number of carbonyl (C=O) groups is 1. The number of rotatable bonds is 6. The third-order valence-corrected chi connectivity index (χ3v) is 4.86. The summed E-state index contributed by atoms with van der Waals surface area (Å²) in [5.74, 6) is -0.392. The first-order chi connectivity index (χ1) is 13.5. The van der Waals surface area contributed by atoms with Gasteiger partial charge in [-0.3, -0.25) is 19.9 Å². The summed E-state index contributed by atoms with van der Waals surface area (Å²) in [5, 5.41) is 15.1. The average Bonchev–Trinajstić information content (AvgIpc) is 2.71. The summed E-state index contributed by atoms with van der Waals surface area (Å²) in [6.07, 6.45) is 4.42. The number of nitro groups is 1. The molecule has 1 aromatic heterocycles. The van der Waals surface area contributed by atoms with Crippen molar-refractivity contribution >= 4 is 29.6 Å². The quantitative estimate of drug-likeness (QED) is 0.385. The molecule has 0 radical (unpaired) electrons. The molecule has 3 rings (SSSR count). The van der Waals surface area contributed by atoms with Gasteiger partial charge in [0.2, 0.25) is 0 Å². The molecule has 0 saturated heterocycles. The number of hydrogen-bond donors (Lipinski definition) is 1. The Bertz CT molecular complexity index is 1020. The maximum absolute atomic E-state index is 12.1. The molecule has 7 nitrogen and oxygen atoms in total. The number of nitrogens with one attached hydrogen (secondary N) is 1. The Kier molecular flexibility index (Phi) is 6.13. The fourth-order valence-corrected chi connectivity index (χ4v) is 3.20. The third-order valence-electron chi connectivity index (χ3n) is 3.77. The highest BCUT2D eigenvalue weighted by atomic mass is 32.2. The van der Waals surface area contributed by atoms with Crippen molar-refractivity contribution in [2.24, 2.45) is 5.10 Å². The fourth-order valence-electron chi connectivity index (χ4n) is 2.30. The summed E-state index contributed by atoms with van der Waals surface area (Å²) in [4.78, 5) is 28.3. The van der Waals surface area contributed by atoms with Crippen LogP contribution in [-0.4, -0.2) is 22.0 Å². The number of non-ortho nitro benzene ring substituents is 1. The SMILES string of the molecule is Cc1ccc(Sc2ccc([N+](=O)[O-])cc2/C=N/NC(=O)c2ccncc2)cc1. The van der Waals surface area contributed by atoms with Gasteiger partial charge in [-0.05, 0) is 37.3 Å². The lowest BCUT2D eigenvalue weighted by Crippen LogP contribution is -2.17. The van der Waals surface area contributed by atoms with E-state index in [4.69, 9.17) is 0 Å². The standard InChI is InChI=1S/C20H16N4O3S/c1-14-2-5-18(6-3-14)28-19-7-4-17(24(26)27)12-16(19)13-22-23-20(25)15-8-10-21-11-9-15/h2-13H,1H3,(H,23,25)/b22-13+. The summed E-state index contributed by atoms with van der Waals surface area (Å²) < 4.78 is 0. The zero-order valence-corrected chi connectivity index (χ0v) is 15.7. The van der Waals surface area contributed by atoms with E-state index in [1.807, 2.05) is 31.2 Å². The van der Waals surface area contributed by atoms with Crippen LogP contribution in [0.2, 0.25) is 0 Å². The van der Waals surface area contributed by atoms with Crippen molar-refractivity contribution in [3.05, 3.63) is 93.8 Å². The molecule has 1 N–H and O–H groups in total. The fraction of sp³-hybridized carbons (Fsp3) is 0.0500. The van der Waals surface area contributed by atoms with Crippen LogP contribution in [0, 0.1) is 17.0 Å². The predicted octanol–water partition coefficient (Wildman–Crippen LogP) is 4.21. The topological polar surface area (TPSA) is 97.5 Å². The molecular formula is C20H16N4O3S. The molecule has 0 aliphatic heterocycles. The minimum atomic E-state index is -0.465. The van der Waals surface area contributed by atoms with Crippen LogP contribution in [0.3, 0.4) is 0 Å². The molecule has 0 fully saturated rings. The van der Waals surface area contributed by atoms with E-state index in [-0.39, 0.29) is 5.69 Å². The second-order valence-electron chi connectivity index (χ2n) is 5.83. The lowest BCUT2D eigenvalue weighted by atomic mass is 10.2. The van der Waals surface area contributed by atoms with Crippen molar-refractivity contribution in [3.63, 3.8) is 0 Å². The summed E-state index contributed by atoms with van der Waals surface area (Å²) in [6.45, 7) is 2.00. The minimum Gasteiger partial charge on any atom is -0.267 e. The number of hydrogen-bond acceptors (Lipinski definition) is 6. The van der Waals surface area contributed by atoms with Gasteiger partial charge in [0.15, 0.2) is 0 Å². The Labute approximate surface area is 165 Å². The van der Waals surface area contributed by atoms with E-state index < -0.39 is 10.8 Å². The molecule has 0 aliphatic rings. The van der Waals surface area contributed by atoms with E-state index in [0.717, 1.165) is 15.4 Å². The molecule has 0 spiro atoms. The highest BCUT2D eigenvalue weighted by molar-refractivity contribution is 7.99. The molecule has 1 amide bonds. The summed E-state index contributed by atoms with van der Waals surface area (Å²) >= 11 is 1.46. The van der Waals surface area contributed by atoms with Crippen LogP contribution < -0.4 is 5.43 Å². The minimum absolute atomic E-state index is 0.0461. The number of hydrazone groups is 1. The van der Waals surface area contributed by atoms with Gasteiger partial charge in [0.1, 0.15) is 0 Å². The van der Waals surface area contributed by atoms with Gasteiger partial charge in [-0.1, -0.05) is 29.5 Å². The Morgan fingerprint density at radius 3 is 2.54 bits per heavy atom. The Morgan fingerprint density at radius 1 is 1.14 bits per heavy atom. The number of nitrogens with zero attached hydrogens (tertiary/aromatic N) is 3. The summed E-state index contributed by atoms with van der Waals surface area (Å²) in [5.41, 5.74) is 4.47. The van der Waals surface area contributed by atoms with Crippen molar-refractivity contribution in [1.29, 1.82) is 0 Å². The normalized spacial score (nSPS) is 10.8. The van der Waals surface area contributed by atoms with Gasteiger partial charge in [-0.15, -0.1) is 0 Å². The maximum Gasteiger partial charge on any atom is 0.271 e. The number of amides is 1. The molecule has 28 heavy (non-hydrogen) atoms. The van der Waals surface area contributed by atoms with Gasteiger partial charge in [0.25, 0.3) is 11.6 Å². The van der Waals surface area contributed by atoms with Crippen LogP contribution in [0.4, 0.5) is 5.69 Å². The molecule has 0 unspecified atom stereocenters. The van der Waals surface area contributed by atoms with Crippen LogP contribution in [0.1, 0.15) is 21.5 Å². The molecule has 3 aromatic rings. The molecule has 140 valence electrons. The number of pyridine rings is 1. The number of benzene rings is 2. The zero-order chi connectivity index (χ0) is 19.9. The van der Waals surface area contributed by atoms with Gasteiger partial charge in [-0.2, -0.15) is 5.10 Å². The Morgan fingerprint density at radius 2 is 1.86 bits per heavy atom. The molecule has 0 bridgehead atoms. The van der Waals surface area contributed by atoms with Crippen molar-refractivity contribution < 1.29 is 9.72 Å². The highest BCUT2D eigenvalue weighted by Crippen LogP contribution is 2.32. The summed E-state index contributed by atoms with van der Waals surface area (Å²) in [6, 6.07) is 15.6. The second-order valence-corrected chi connectivity index (χ2v) is 6.94. The van der Waals surface area contributed by atoms with Gasteiger partial charge >= 0.3 is 0 Å². The average molecular weight is 392 g/mol. The molecule has 0 saturated carbocycles. The number of carbonyl (C=O) groups excluding carboxylic acids is 1. The van der Waals surface area contributed by atoms with Gasteiger partial charge in [0, 0.05) is 45.4 Å².